The minimum atomic E-state index is -2.96. The van der Waals surface area contributed by atoms with Crippen LogP contribution in [0.15, 0.2) is 48.5 Å². The van der Waals surface area contributed by atoms with Crippen LogP contribution in [0.2, 0.25) is 0 Å². The summed E-state index contributed by atoms with van der Waals surface area (Å²) in [7, 11) is 0. The number of hydrazine groups is 1. The van der Waals surface area contributed by atoms with E-state index >= 15 is 0 Å². The molecule has 0 spiro atoms. The molecule has 1 saturated heterocycles. The van der Waals surface area contributed by atoms with Gasteiger partial charge in [0.15, 0.2) is 5.11 Å². The average molecular weight is 450 g/mol. The minimum absolute atomic E-state index is 0.0255. The topological polar surface area (TPSA) is 91.9 Å². The molecule has 3 amide bonds. The second kappa shape index (κ2) is 9.13. The van der Waals surface area contributed by atoms with Crippen LogP contribution in [0.4, 0.5) is 19.3 Å². The minimum Gasteiger partial charge on any atom is -0.494 e. The van der Waals surface area contributed by atoms with Crippen molar-refractivity contribution < 1.29 is 27.8 Å². The highest BCUT2D eigenvalue weighted by molar-refractivity contribution is 7.80. The van der Waals surface area contributed by atoms with Crippen LogP contribution in [0.5, 0.6) is 11.5 Å². The van der Waals surface area contributed by atoms with Crippen molar-refractivity contribution in [3.63, 3.8) is 0 Å². The first kappa shape index (κ1) is 22.2. The average Bonchev–Trinajstić information content (AvgIpc) is 2.93. The molecule has 0 aliphatic carbocycles. The molecular weight excluding hydrogens is 430 g/mol. The summed E-state index contributed by atoms with van der Waals surface area (Å²) in [5.41, 5.74) is 2.17. The summed E-state index contributed by atoms with van der Waals surface area (Å²) < 4.78 is 34.3. The number of benzene rings is 2. The van der Waals surface area contributed by atoms with Crippen molar-refractivity contribution in [2.24, 2.45) is 0 Å². The Morgan fingerprint density at radius 3 is 2.32 bits per heavy atom. The Morgan fingerprint density at radius 2 is 1.74 bits per heavy atom. The molecule has 3 N–H and O–H groups in total. The fourth-order valence-corrected chi connectivity index (χ4v) is 3.18. The molecule has 1 fully saturated rings. The summed E-state index contributed by atoms with van der Waals surface area (Å²) in [5, 5.41) is 6.24. The number of alkyl halides is 2. The number of nitrogens with one attached hydrogen (secondary N) is 3. The second-order valence-corrected chi connectivity index (χ2v) is 7.03. The van der Waals surface area contributed by atoms with Crippen molar-refractivity contribution in [2.45, 2.75) is 26.0 Å². The van der Waals surface area contributed by atoms with E-state index in [-0.39, 0.29) is 10.9 Å². The Hall–Kier alpha value is -3.47. The third-order valence-corrected chi connectivity index (χ3v) is 4.68. The van der Waals surface area contributed by atoms with Gasteiger partial charge in [0, 0.05) is 5.69 Å². The number of anilines is 1. The van der Waals surface area contributed by atoms with Crippen LogP contribution in [0, 0.1) is 0 Å². The first-order valence-electron chi connectivity index (χ1n) is 9.25. The molecule has 2 aromatic carbocycles. The van der Waals surface area contributed by atoms with Gasteiger partial charge in [-0.1, -0.05) is 12.1 Å². The molecule has 1 heterocycles. The van der Waals surface area contributed by atoms with Crippen LogP contribution in [0.3, 0.4) is 0 Å². The van der Waals surface area contributed by atoms with E-state index in [0.717, 1.165) is 5.01 Å². The van der Waals surface area contributed by atoms with Gasteiger partial charge < -0.3 is 20.1 Å². The zero-order valence-electron chi connectivity index (χ0n) is 16.6. The number of ether oxygens (including phenoxy) is 2. The van der Waals surface area contributed by atoms with Gasteiger partial charge in [0.05, 0.1) is 6.61 Å². The normalized spacial score (nSPS) is 18.0. The summed E-state index contributed by atoms with van der Waals surface area (Å²) >= 11 is 5.20. The highest BCUT2D eigenvalue weighted by atomic mass is 32.1. The lowest BCUT2D eigenvalue weighted by atomic mass is 9.92. The maximum absolute atomic E-state index is 12.9. The van der Waals surface area contributed by atoms with Gasteiger partial charge in [-0.3, -0.25) is 10.2 Å². The quantitative estimate of drug-likeness (QED) is 0.440. The van der Waals surface area contributed by atoms with E-state index in [1.807, 2.05) is 6.92 Å². The van der Waals surface area contributed by atoms with Crippen LogP contribution in [0.25, 0.3) is 0 Å². The number of imide groups is 1. The third kappa shape index (κ3) is 5.00. The predicted molar refractivity (Wildman–Crippen MR) is 113 cm³/mol. The van der Waals surface area contributed by atoms with Crippen molar-refractivity contribution in [3.8, 4) is 11.5 Å². The summed E-state index contributed by atoms with van der Waals surface area (Å²) in [4.78, 5) is 25.3. The van der Waals surface area contributed by atoms with E-state index in [0.29, 0.717) is 23.6 Å². The van der Waals surface area contributed by atoms with Crippen molar-refractivity contribution >= 4 is 35.0 Å². The van der Waals surface area contributed by atoms with Gasteiger partial charge in [0.25, 0.3) is 5.91 Å². The van der Waals surface area contributed by atoms with Crippen LogP contribution in [-0.4, -0.2) is 35.3 Å². The molecule has 164 valence electrons. The fourth-order valence-electron chi connectivity index (χ4n) is 2.97. The van der Waals surface area contributed by atoms with Gasteiger partial charge in [-0.15, -0.1) is 0 Å². The monoisotopic (exact) mass is 450 g/mol. The first-order chi connectivity index (χ1) is 14.7. The maximum Gasteiger partial charge on any atom is 0.387 e. The van der Waals surface area contributed by atoms with E-state index < -0.39 is 24.1 Å². The third-order valence-electron chi connectivity index (χ3n) is 4.48. The van der Waals surface area contributed by atoms with Crippen molar-refractivity contribution in [1.29, 1.82) is 0 Å². The van der Waals surface area contributed by atoms with Gasteiger partial charge in [0.1, 0.15) is 17.0 Å². The molecule has 1 aliphatic rings. The summed E-state index contributed by atoms with van der Waals surface area (Å²) in [5.74, 6) is 0.0208. The molecule has 0 radical (unpaired) electrons. The lowest BCUT2D eigenvalue weighted by Gasteiger charge is -2.23. The van der Waals surface area contributed by atoms with Gasteiger partial charge in [-0.2, -0.15) is 13.8 Å². The molecule has 1 aliphatic heterocycles. The standard InChI is InChI=1S/C20H20F2N4O4S/c1-3-29-14-10-6-13(7-11-14)23-18(31)25-26-16(27)20(2,24-19(26)28)12-4-8-15(9-5-12)30-17(21)22/h4-11,17H,3H2,1-2H3,(H,24,28)(H2,23,25,31). The number of hydrogen-bond acceptors (Lipinski definition) is 5. The first-order valence-corrected chi connectivity index (χ1v) is 9.66. The predicted octanol–water partition coefficient (Wildman–Crippen LogP) is 3.36. The number of hydrogen-bond donors (Lipinski definition) is 3. The van der Waals surface area contributed by atoms with E-state index in [4.69, 9.17) is 17.0 Å². The number of thiocarbonyl (C=S) groups is 1. The molecule has 11 heteroatoms. The second-order valence-electron chi connectivity index (χ2n) is 6.62. The summed E-state index contributed by atoms with van der Waals surface area (Å²) in [6.45, 7) is 0.959. The molecular formula is C20H20F2N4O4S. The number of amides is 3. The van der Waals surface area contributed by atoms with Gasteiger partial charge in [-0.05, 0) is 68.0 Å². The molecule has 1 unspecified atom stereocenters. The Bertz CT molecular complexity index is 972. The molecule has 0 saturated carbocycles. The van der Waals surface area contributed by atoms with Crippen molar-refractivity contribution in [2.75, 3.05) is 11.9 Å². The molecule has 1 atom stereocenters. The van der Waals surface area contributed by atoms with Crippen LogP contribution in [0.1, 0.15) is 19.4 Å². The maximum atomic E-state index is 12.9. The Balaban J connectivity index is 1.67. The number of halogens is 2. The van der Waals surface area contributed by atoms with Gasteiger partial charge in [-0.25, -0.2) is 4.79 Å². The zero-order valence-corrected chi connectivity index (χ0v) is 17.5. The number of rotatable bonds is 7. The largest absolute Gasteiger partial charge is 0.494 e. The van der Waals surface area contributed by atoms with Crippen LogP contribution in [-0.2, 0) is 10.3 Å². The van der Waals surface area contributed by atoms with E-state index in [2.05, 4.69) is 20.8 Å². The Labute approximate surface area is 182 Å². The number of nitrogens with zero attached hydrogens (tertiary/aromatic N) is 1. The van der Waals surface area contributed by atoms with Crippen LogP contribution < -0.4 is 25.5 Å². The summed E-state index contributed by atoms with van der Waals surface area (Å²) in [6.07, 6.45) is 0. The highest BCUT2D eigenvalue weighted by Gasteiger charge is 2.49. The van der Waals surface area contributed by atoms with E-state index in [1.165, 1.54) is 31.2 Å². The SMILES string of the molecule is CCOc1ccc(NC(=S)NN2C(=O)NC(C)(c3ccc(OC(F)F)cc3)C2=O)cc1. The lowest BCUT2D eigenvalue weighted by molar-refractivity contribution is -0.132. The fraction of sp³-hybridized carbons (Fsp3) is 0.250. The van der Waals surface area contributed by atoms with Gasteiger partial charge >= 0.3 is 12.6 Å². The summed E-state index contributed by atoms with van der Waals surface area (Å²) in [6, 6.07) is 11.7. The smallest absolute Gasteiger partial charge is 0.387 e. The van der Waals surface area contributed by atoms with E-state index in [9.17, 15) is 18.4 Å². The molecule has 0 aromatic heterocycles. The van der Waals surface area contributed by atoms with E-state index in [1.54, 1.807) is 24.3 Å². The zero-order chi connectivity index (χ0) is 22.6. The van der Waals surface area contributed by atoms with Crippen LogP contribution >= 0.6 is 12.2 Å². The molecule has 31 heavy (non-hydrogen) atoms. The van der Waals surface area contributed by atoms with Crippen molar-refractivity contribution in [3.05, 3.63) is 54.1 Å². The molecule has 3 rings (SSSR count). The highest BCUT2D eigenvalue weighted by Crippen LogP contribution is 2.29. The number of carbonyl (C=O) groups is 2. The molecule has 2 aromatic rings. The van der Waals surface area contributed by atoms with Gasteiger partial charge in [0.2, 0.25) is 0 Å². The molecule has 8 nitrogen and oxygen atoms in total. The Kier molecular flexibility index (Phi) is 6.54. The number of urea groups is 1. The Morgan fingerprint density at radius 1 is 1.13 bits per heavy atom. The van der Waals surface area contributed by atoms with Crippen molar-refractivity contribution in [1.82, 2.24) is 15.8 Å². The lowest BCUT2D eigenvalue weighted by Crippen LogP contribution is -2.49. The number of carbonyl (C=O) groups excluding carboxylic acids is 2. The molecule has 0 bridgehead atoms.